The minimum Gasteiger partial charge on any atom is -0.306 e. The average molecular weight is 327 g/mol. The van der Waals surface area contributed by atoms with Gasteiger partial charge in [-0.1, -0.05) is 6.07 Å². The molecule has 5 nitrogen and oxygen atoms in total. The molecule has 0 fully saturated rings. The lowest BCUT2D eigenvalue weighted by Gasteiger charge is -2.16. The molecule has 0 aliphatic carbocycles. The largest absolute Gasteiger partial charge is 0.306 e. The zero-order chi connectivity index (χ0) is 16.2. The zero-order valence-corrected chi connectivity index (χ0v) is 13.8. The van der Waals surface area contributed by atoms with Crippen molar-refractivity contribution in [3.8, 4) is 11.3 Å². The first kappa shape index (κ1) is 14.3. The van der Waals surface area contributed by atoms with Crippen LogP contribution in [0.5, 0.6) is 0 Å². The number of fused-ring (bicyclic) bond motifs is 2. The summed E-state index contributed by atoms with van der Waals surface area (Å²) in [6.45, 7) is 2.56. The van der Waals surface area contributed by atoms with Crippen molar-refractivity contribution in [1.29, 1.82) is 0 Å². The normalized spacial score (nSPS) is 14.4. The van der Waals surface area contributed by atoms with E-state index in [1.165, 1.54) is 16.1 Å². The van der Waals surface area contributed by atoms with Crippen molar-refractivity contribution in [1.82, 2.24) is 9.38 Å². The van der Waals surface area contributed by atoms with E-state index in [1.54, 1.807) is 0 Å². The van der Waals surface area contributed by atoms with Crippen molar-refractivity contribution in [3.05, 3.63) is 53.9 Å². The van der Waals surface area contributed by atoms with Gasteiger partial charge < -0.3 is 4.40 Å². The highest BCUT2D eigenvalue weighted by molar-refractivity contribution is 7.92. The molecule has 0 saturated heterocycles. The Hall–Kier alpha value is -2.34. The second-order valence-corrected chi connectivity index (χ2v) is 7.93. The van der Waals surface area contributed by atoms with Crippen LogP contribution in [0.2, 0.25) is 0 Å². The third-order valence-electron chi connectivity index (χ3n) is 4.24. The van der Waals surface area contributed by atoms with Crippen LogP contribution in [0.25, 0.3) is 16.9 Å². The number of aryl methyl sites for hydroxylation is 1. The van der Waals surface area contributed by atoms with Gasteiger partial charge in [-0.25, -0.2) is 13.4 Å². The van der Waals surface area contributed by atoms with Gasteiger partial charge in [0, 0.05) is 24.5 Å². The van der Waals surface area contributed by atoms with Gasteiger partial charge in [0.05, 0.1) is 17.6 Å². The number of anilines is 1. The molecule has 2 aromatic heterocycles. The van der Waals surface area contributed by atoms with E-state index in [2.05, 4.69) is 11.1 Å². The quantitative estimate of drug-likeness (QED) is 0.727. The lowest BCUT2D eigenvalue weighted by molar-refractivity contribution is 0.598. The molecule has 0 amide bonds. The van der Waals surface area contributed by atoms with Crippen LogP contribution >= 0.6 is 0 Å². The first-order valence-electron chi connectivity index (χ1n) is 7.48. The van der Waals surface area contributed by atoms with Crippen LogP contribution < -0.4 is 4.31 Å². The summed E-state index contributed by atoms with van der Waals surface area (Å²) in [5.41, 5.74) is 5.85. The van der Waals surface area contributed by atoms with Gasteiger partial charge in [0.25, 0.3) is 0 Å². The first-order valence-corrected chi connectivity index (χ1v) is 9.33. The van der Waals surface area contributed by atoms with Crippen LogP contribution in [0.4, 0.5) is 5.69 Å². The second kappa shape index (κ2) is 4.83. The molecule has 3 heterocycles. The predicted octanol–water partition coefficient (Wildman–Crippen LogP) is 2.63. The summed E-state index contributed by atoms with van der Waals surface area (Å²) in [5, 5.41) is 0. The molecule has 1 aliphatic heterocycles. The maximum atomic E-state index is 11.8. The van der Waals surface area contributed by atoms with Crippen molar-refractivity contribution in [2.75, 3.05) is 17.1 Å². The number of rotatable bonds is 2. The third kappa shape index (κ3) is 2.39. The fraction of sp³-hybridized carbons (Fsp3) is 0.235. The number of imidazole rings is 1. The minimum absolute atomic E-state index is 0.516. The number of nitrogens with zero attached hydrogens (tertiary/aromatic N) is 3. The van der Waals surface area contributed by atoms with Crippen LogP contribution in [-0.2, 0) is 16.4 Å². The monoisotopic (exact) mass is 327 g/mol. The molecule has 0 bridgehead atoms. The second-order valence-electron chi connectivity index (χ2n) is 6.02. The Balaban J connectivity index is 1.78. The van der Waals surface area contributed by atoms with E-state index in [0.717, 1.165) is 34.6 Å². The highest BCUT2D eigenvalue weighted by Crippen LogP contribution is 2.33. The Morgan fingerprint density at radius 1 is 1.17 bits per heavy atom. The molecule has 0 spiro atoms. The van der Waals surface area contributed by atoms with Gasteiger partial charge in [0.2, 0.25) is 10.0 Å². The van der Waals surface area contributed by atoms with Crippen LogP contribution in [-0.4, -0.2) is 30.6 Å². The standard InChI is InChI=1S/C17H17N3O2S/c1-12-5-7-19-11-15(18-17(19)9-12)13-3-4-16-14(10-13)6-8-20(16)23(2,21)22/h3-5,7,9-11H,6,8H2,1-2H3. The van der Waals surface area contributed by atoms with E-state index < -0.39 is 10.0 Å². The SMILES string of the molecule is Cc1ccn2cc(-c3ccc4c(c3)CCN4S(C)(=O)=O)nc2c1. The Morgan fingerprint density at radius 2 is 2.00 bits per heavy atom. The Labute approximate surface area is 135 Å². The molecule has 118 valence electrons. The Kier molecular flexibility index (Phi) is 2.99. The number of pyridine rings is 1. The van der Waals surface area contributed by atoms with Crippen LogP contribution in [0.15, 0.2) is 42.7 Å². The lowest BCUT2D eigenvalue weighted by atomic mass is 10.1. The molecular formula is C17H17N3O2S. The molecule has 3 aromatic rings. The fourth-order valence-corrected chi connectivity index (χ4v) is 4.06. The number of hydrogen-bond donors (Lipinski definition) is 0. The van der Waals surface area contributed by atoms with E-state index in [1.807, 2.05) is 48.0 Å². The van der Waals surface area contributed by atoms with E-state index in [9.17, 15) is 8.42 Å². The van der Waals surface area contributed by atoms with Gasteiger partial charge in [-0.3, -0.25) is 4.31 Å². The van der Waals surface area contributed by atoms with Gasteiger partial charge in [-0.05, 0) is 48.7 Å². The van der Waals surface area contributed by atoms with Gasteiger partial charge in [0.15, 0.2) is 0 Å². The number of sulfonamides is 1. The van der Waals surface area contributed by atoms with Crippen LogP contribution in [0.3, 0.4) is 0 Å². The Morgan fingerprint density at radius 3 is 2.78 bits per heavy atom. The van der Waals surface area contributed by atoms with E-state index in [0.29, 0.717) is 6.54 Å². The van der Waals surface area contributed by atoms with Crippen LogP contribution in [0.1, 0.15) is 11.1 Å². The molecule has 1 aliphatic rings. The lowest BCUT2D eigenvalue weighted by Crippen LogP contribution is -2.27. The molecule has 0 saturated carbocycles. The minimum atomic E-state index is -3.21. The highest BCUT2D eigenvalue weighted by Gasteiger charge is 2.26. The summed E-state index contributed by atoms with van der Waals surface area (Å²) < 4.78 is 27.1. The van der Waals surface area contributed by atoms with Crippen LogP contribution in [0, 0.1) is 6.92 Å². The predicted molar refractivity (Wildman–Crippen MR) is 91.3 cm³/mol. The van der Waals surface area contributed by atoms with Crippen molar-refractivity contribution in [3.63, 3.8) is 0 Å². The Bertz CT molecular complexity index is 1020. The first-order chi connectivity index (χ1) is 10.9. The van der Waals surface area contributed by atoms with E-state index in [4.69, 9.17) is 0 Å². The van der Waals surface area contributed by atoms with Crippen molar-refractivity contribution < 1.29 is 8.42 Å². The zero-order valence-electron chi connectivity index (χ0n) is 13.0. The molecule has 0 N–H and O–H groups in total. The maximum absolute atomic E-state index is 11.8. The molecular weight excluding hydrogens is 310 g/mol. The maximum Gasteiger partial charge on any atom is 0.232 e. The molecule has 23 heavy (non-hydrogen) atoms. The summed E-state index contributed by atoms with van der Waals surface area (Å²) in [4.78, 5) is 4.67. The molecule has 0 unspecified atom stereocenters. The van der Waals surface area contributed by atoms with E-state index in [-0.39, 0.29) is 0 Å². The smallest absolute Gasteiger partial charge is 0.232 e. The van der Waals surface area contributed by atoms with E-state index >= 15 is 0 Å². The number of hydrogen-bond acceptors (Lipinski definition) is 3. The van der Waals surface area contributed by atoms with Crippen molar-refractivity contribution in [2.24, 2.45) is 0 Å². The summed E-state index contributed by atoms with van der Waals surface area (Å²) in [6, 6.07) is 9.97. The van der Waals surface area contributed by atoms with Gasteiger partial charge >= 0.3 is 0 Å². The molecule has 0 atom stereocenters. The summed E-state index contributed by atoms with van der Waals surface area (Å²) in [6.07, 6.45) is 5.99. The number of aromatic nitrogens is 2. The highest BCUT2D eigenvalue weighted by atomic mass is 32.2. The van der Waals surface area contributed by atoms with Gasteiger partial charge in [-0.15, -0.1) is 0 Å². The van der Waals surface area contributed by atoms with Crippen molar-refractivity contribution >= 4 is 21.4 Å². The van der Waals surface area contributed by atoms with Crippen molar-refractivity contribution in [2.45, 2.75) is 13.3 Å². The summed E-state index contributed by atoms with van der Waals surface area (Å²) in [7, 11) is -3.21. The fourth-order valence-electron chi connectivity index (χ4n) is 3.10. The number of benzene rings is 1. The summed E-state index contributed by atoms with van der Waals surface area (Å²) in [5.74, 6) is 0. The topological polar surface area (TPSA) is 54.7 Å². The molecule has 1 aromatic carbocycles. The molecule has 4 rings (SSSR count). The summed E-state index contributed by atoms with van der Waals surface area (Å²) >= 11 is 0. The third-order valence-corrected chi connectivity index (χ3v) is 5.42. The average Bonchev–Trinajstić information content (AvgIpc) is 3.08. The molecule has 6 heteroatoms. The molecule has 0 radical (unpaired) electrons. The van der Waals surface area contributed by atoms with Gasteiger partial charge in [-0.2, -0.15) is 0 Å². The van der Waals surface area contributed by atoms with Gasteiger partial charge in [0.1, 0.15) is 5.65 Å².